The number of aliphatic hydroxyl groups is 1. The number of thiazole rings is 1. The van der Waals surface area contributed by atoms with Crippen LogP contribution in [0.3, 0.4) is 0 Å². The monoisotopic (exact) mass is 619 g/mol. The lowest BCUT2D eigenvalue weighted by Crippen LogP contribution is -2.52. The number of primary amides is 1. The number of nitrogens with zero attached hydrogens (tertiary/aromatic N) is 2. The molecule has 224 valence electrons. The lowest BCUT2D eigenvalue weighted by Gasteiger charge is -2.32. The van der Waals surface area contributed by atoms with Crippen molar-refractivity contribution in [3.63, 3.8) is 0 Å². The molecule has 9 nitrogen and oxygen atoms in total. The van der Waals surface area contributed by atoms with Crippen molar-refractivity contribution < 1.29 is 41.4 Å². The van der Waals surface area contributed by atoms with Gasteiger partial charge < -0.3 is 26.6 Å². The highest BCUT2D eigenvalue weighted by molar-refractivity contribution is 7.22. The standard InChI is InChI=1S/C28H22F5N5O4S/c29-15-5-1-12(2-6-15)20-22-16(26(11-42-22,24(34)40)14-3-4-14)9-19(37-20)27(41,28(31,32)33)10-36-23(39)13-7-17(30)21-18(8-13)43-25(35)38-21/h1-2,5-9,14,41H,3-4,10-11H2,(H2,34,40)(H2,35,38)(H,36,39)/t26-,27-/m0/s1. The Morgan fingerprint density at radius 3 is 2.44 bits per heavy atom. The smallest absolute Gasteiger partial charge is 0.424 e. The van der Waals surface area contributed by atoms with Crippen molar-refractivity contribution in [2.75, 3.05) is 18.9 Å². The first-order valence-corrected chi connectivity index (χ1v) is 13.7. The van der Waals surface area contributed by atoms with Crippen molar-refractivity contribution in [1.29, 1.82) is 0 Å². The van der Waals surface area contributed by atoms with Gasteiger partial charge in [-0.2, -0.15) is 13.2 Å². The lowest BCUT2D eigenvalue weighted by molar-refractivity contribution is -0.265. The molecule has 0 bridgehead atoms. The van der Waals surface area contributed by atoms with Gasteiger partial charge in [0.2, 0.25) is 11.5 Å². The number of pyridine rings is 1. The number of carbonyl (C=O) groups excluding carboxylic acids is 2. The molecule has 0 radical (unpaired) electrons. The van der Waals surface area contributed by atoms with Gasteiger partial charge in [0.15, 0.2) is 10.9 Å². The van der Waals surface area contributed by atoms with Crippen LogP contribution in [0.15, 0.2) is 42.5 Å². The number of hydrogen-bond acceptors (Lipinski definition) is 8. The maximum Gasteiger partial charge on any atom is 0.424 e. The predicted octanol–water partition coefficient (Wildman–Crippen LogP) is 3.92. The fraction of sp³-hybridized carbons (Fsp3) is 0.286. The predicted molar refractivity (Wildman–Crippen MR) is 145 cm³/mol. The van der Waals surface area contributed by atoms with Gasteiger partial charge in [-0.15, -0.1) is 0 Å². The Balaban J connectivity index is 1.45. The third-order valence-electron chi connectivity index (χ3n) is 7.85. The summed E-state index contributed by atoms with van der Waals surface area (Å²) in [4.78, 5) is 33.6. The topological polar surface area (TPSA) is 153 Å². The van der Waals surface area contributed by atoms with Gasteiger partial charge in [0.25, 0.3) is 5.91 Å². The molecule has 0 saturated heterocycles. The summed E-state index contributed by atoms with van der Waals surface area (Å²) < 4.78 is 78.3. The number of fused-ring (bicyclic) bond motifs is 2. The maximum absolute atomic E-state index is 14.7. The summed E-state index contributed by atoms with van der Waals surface area (Å²) in [6, 6.07) is 7.58. The molecule has 2 aromatic carbocycles. The van der Waals surface area contributed by atoms with Crippen molar-refractivity contribution in [1.82, 2.24) is 15.3 Å². The summed E-state index contributed by atoms with van der Waals surface area (Å²) in [7, 11) is 0. The van der Waals surface area contributed by atoms with Gasteiger partial charge in [-0.1, -0.05) is 11.3 Å². The summed E-state index contributed by atoms with van der Waals surface area (Å²) in [5, 5.41) is 13.3. The van der Waals surface area contributed by atoms with Crippen LogP contribution in [-0.2, 0) is 15.8 Å². The van der Waals surface area contributed by atoms with Crippen LogP contribution in [0.4, 0.5) is 27.1 Å². The molecule has 2 atom stereocenters. The van der Waals surface area contributed by atoms with Crippen molar-refractivity contribution in [2.45, 2.75) is 30.0 Å². The number of nitrogen functional groups attached to an aromatic ring is 1. The molecule has 1 aliphatic heterocycles. The molecule has 2 aliphatic rings. The van der Waals surface area contributed by atoms with E-state index in [-0.39, 0.29) is 56.0 Å². The molecule has 6 rings (SSSR count). The minimum Gasteiger partial charge on any atom is -0.489 e. The van der Waals surface area contributed by atoms with Gasteiger partial charge in [-0.25, -0.2) is 18.7 Å². The number of nitrogens with two attached hydrogens (primary N) is 2. The van der Waals surface area contributed by atoms with Crippen LogP contribution in [0.5, 0.6) is 5.75 Å². The maximum atomic E-state index is 14.7. The van der Waals surface area contributed by atoms with Gasteiger partial charge in [0, 0.05) is 16.7 Å². The van der Waals surface area contributed by atoms with Crippen molar-refractivity contribution in [2.24, 2.45) is 11.7 Å². The van der Waals surface area contributed by atoms with Crippen molar-refractivity contribution in [3.05, 3.63) is 70.9 Å². The molecule has 43 heavy (non-hydrogen) atoms. The zero-order valence-corrected chi connectivity index (χ0v) is 22.8. The third-order valence-corrected chi connectivity index (χ3v) is 8.69. The Morgan fingerprint density at radius 2 is 1.81 bits per heavy atom. The van der Waals surface area contributed by atoms with Crippen LogP contribution in [-0.4, -0.2) is 46.2 Å². The molecule has 6 N–H and O–H groups in total. The molecular formula is C28H22F5N5O4S. The van der Waals surface area contributed by atoms with Gasteiger partial charge in [-0.05, 0) is 61.2 Å². The molecule has 4 aromatic rings. The van der Waals surface area contributed by atoms with Crippen molar-refractivity contribution >= 4 is 38.5 Å². The van der Waals surface area contributed by atoms with Gasteiger partial charge in [0.05, 0.1) is 16.9 Å². The zero-order valence-electron chi connectivity index (χ0n) is 22.0. The molecule has 1 fully saturated rings. The molecule has 1 saturated carbocycles. The van der Waals surface area contributed by atoms with Crippen LogP contribution in [0.2, 0.25) is 0 Å². The minimum atomic E-state index is -5.41. The number of rotatable bonds is 7. The van der Waals surface area contributed by atoms with Crippen LogP contribution in [0.1, 0.15) is 34.5 Å². The van der Waals surface area contributed by atoms with E-state index in [0.717, 1.165) is 35.6 Å². The largest absolute Gasteiger partial charge is 0.489 e. The van der Waals surface area contributed by atoms with E-state index >= 15 is 0 Å². The summed E-state index contributed by atoms with van der Waals surface area (Å²) >= 11 is 0.878. The number of alkyl halides is 3. The SMILES string of the molecule is NC(=O)[C@]1(C2CC2)COc2c1cc([C@@](O)(CNC(=O)c1cc(F)c3nc(N)sc3c1)C(F)(F)F)nc2-c1ccc(F)cc1. The number of nitrogens with one attached hydrogen (secondary N) is 1. The van der Waals surface area contributed by atoms with E-state index < -0.39 is 52.9 Å². The normalized spacial score (nSPS) is 19.5. The number of anilines is 1. The molecule has 2 aromatic heterocycles. The molecule has 15 heteroatoms. The number of halogens is 5. The summed E-state index contributed by atoms with van der Waals surface area (Å²) in [6.07, 6.45) is -4.26. The second-order valence-electron chi connectivity index (χ2n) is 10.5. The quantitative estimate of drug-likeness (QED) is 0.229. The highest BCUT2D eigenvalue weighted by atomic mass is 32.1. The number of amides is 2. The van der Waals surface area contributed by atoms with Gasteiger partial charge >= 0.3 is 6.18 Å². The van der Waals surface area contributed by atoms with Crippen LogP contribution in [0.25, 0.3) is 21.5 Å². The third kappa shape index (κ3) is 4.63. The average molecular weight is 620 g/mol. The molecule has 1 aliphatic carbocycles. The molecule has 3 heterocycles. The van der Waals surface area contributed by atoms with Gasteiger partial charge in [0.1, 0.15) is 34.8 Å². The Bertz CT molecular complexity index is 1790. The van der Waals surface area contributed by atoms with Gasteiger partial charge in [-0.3, -0.25) is 9.59 Å². The number of hydrogen-bond donors (Lipinski definition) is 4. The number of benzene rings is 2. The van der Waals surface area contributed by atoms with E-state index in [9.17, 15) is 36.6 Å². The van der Waals surface area contributed by atoms with Crippen LogP contribution < -0.4 is 21.5 Å². The Labute approximate surface area is 243 Å². The number of aromatic nitrogens is 2. The Hall–Kier alpha value is -4.37. The van der Waals surface area contributed by atoms with Crippen molar-refractivity contribution in [3.8, 4) is 17.0 Å². The first kappa shape index (κ1) is 28.7. The van der Waals surface area contributed by atoms with E-state index in [0.29, 0.717) is 12.8 Å². The van der Waals surface area contributed by atoms with E-state index in [1.165, 1.54) is 18.2 Å². The second kappa shape index (κ2) is 9.84. The number of carbonyl (C=O) groups is 2. The second-order valence-corrected chi connectivity index (χ2v) is 11.6. The van der Waals surface area contributed by atoms with E-state index in [1.54, 1.807) is 0 Å². The first-order valence-electron chi connectivity index (χ1n) is 12.9. The average Bonchev–Trinajstić information content (AvgIpc) is 3.61. The fourth-order valence-electron chi connectivity index (χ4n) is 5.39. The Kier molecular flexibility index (Phi) is 6.58. The first-order chi connectivity index (χ1) is 20.2. The molecular weight excluding hydrogens is 597 g/mol. The Morgan fingerprint density at radius 1 is 1.12 bits per heavy atom. The summed E-state index contributed by atoms with van der Waals surface area (Å²) in [6.45, 7) is -1.68. The fourth-order valence-corrected chi connectivity index (χ4v) is 6.18. The zero-order chi connectivity index (χ0) is 30.9. The van der Waals surface area contributed by atoms with E-state index in [2.05, 4.69) is 9.97 Å². The molecule has 0 spiro atoms. The molecule has 0 unspecified atom stereocenters. The number of ether oxygens (including phenoxy) is 1. The highest BCUT2D eigenvalue weighted by Gasteiger charge is 2.60. The highest BCUT2D eigenvalue weighted by Crippen LogP contribution is 2.56. The lowest BCUT2D eigenvalue weighted by atomic mass is 9.76. The van der Waals surface area contributed by atoms with E-state index in [1.807, 2.05) is 5.32 Å². The summed E-state index contributed by atoms with van der Waals surface area (Å²) in [5.41, 5.74) is 4.70. The minimum absolute atomic E-state index is 0.0103. The van der Waals surface area contributed by atoms with Crippen LogP contribution in [0, 0.1) is 17.6 Å². The van der Waals surface area contributed by atoms with E-state index in [4.69, 9.17) is 16.2 Å². The molecule has 2 amide bonds. The van der Waals surface area contributed by atoms with Crippen LogP contribution >= 0.6 is 11.3 Å². The summed E-state index contributed by atoms with van der Waals surface area (Å²) in [5.74, 6) is -3.79.